The fourth-order valence-electron chi connectivity index (χ4n) is 2.95. The van der Waals surface area contributed by atoms with Crippen molar-refractivity contribution in [1.82, 2.24) is 9.62 Å². The molecule has 0 fully saturated rings. The lowest BCUT2D eigenvalue weighted by atomic mass is 9.87. The summed E-state index contributed by atoms with van der Waals surface area (Å²) >= 11 is 6.17. The summed E-state index contributed by atoms with van der Waals surface area (Å²) in [7, 11) is -4.01. The minimum Gasteiger partial charge on any atom is -0.456 e. The number of carbonyl (C=O) groups excluding carboxylic acids is 1. The monoisotopic (exact) mass is 491 g/mol. The number of ether oxygens (including phenoxy) is 2. The van der Waals surface area contributed by atoms with Crippen molar-refractivity contribution in [2.75, 3.05) is 13.2 Å². The lowest BCUT2D eigenvalue weighted by Crippen LogP contribution is -2.41. The Morgan fingerprint density at radius 3 is 2.33 bits per heavy atom. The van der Waals surface area contributed by atoms with Crippen LogP contribution in [0, 0.1) is 0 Å². The van der Waals surface area contributed by atoms with Crippen LogP contribution in [0.1, 0.15) is 33.3 Å². The Morgan fingerprint density at radius 2 is 1.76 bits per heavy atom. The van der Waals surface area contributed by atoms with Gasteiger partial charge in [0.1, 0.15) is 5.75 Å². The van der Waals surface area contributed by atoms with E-state index in [0.29, 0.717) is 5.75 Å². The number of amides is 1. The number of sulfonamides is 1. The maximum Gasteiger partial charge on any atom is 0.416 e. The molecular formula is C23H26ClN3O5S. The van der Waals surface area contributed by atoms with Gasteiger partial charge in [0.15, 0.2) is 11.6 Å². The average molecular weight is 492 g/mol. The highest BCUT2D eigenvalue weighted by molar-refractivity contribution is 7.89. The molecule has 1 heterocycles. The molecule has 176 valence electrons. The van der Waals surface area contributed by atoms with Crippen LogP contribution in [0.25, 0.3) is 0 Å². The van der Waals surface area contributed by atoms with Crippen molar-refractivity contribution in [3.8, 4) is 5.75 Å². The molecule has 8 nitrogen and oxygen atoms in total. The van der Waals surface area contributed by atoms with E-state index in [9.17, 15) is 13.2 Å². The molecule has 2 aromatic carbocycles. The molecule has 1 aliphatic heterocycles. The van der Waals surface area contributed by atoms with Crippen LogP contribution in [-0.4, -0.2) is 37.9 Å². The number of benzene rings is 2. The van der Waals surface area contributed by atoms with Crippen LogP contribution >= 0.6 is 11.6 Å². The Balaban J connectivity index is 1.95. The zero-order chi connectivity index (χ0) is 24.2. The highest BCUT2D eigenvalue weighted by Crippen LogP contribution is 2.25. The molecule has 0 saturated heterocycles. The third-order valence-electron chi connectivity index (χ3n) is 4.73. The second kappa shape index (κ2) is 9.84. The van der Waals surface area contributed by atoms with Gasteiger partial charge in [-0.05, 0) is 53.8 Å². The topological polar surface area (TPSA) is 97.3 Å². The lowest BCUT2D eigenvalue weighted by Gasteiger charge is -2.26. The van der Waals surface area contributed by atoms with E-state index < -0.39 is 16.1 Å². The molecule has 1 aliphatic rings. The number of nitrogens with one attached hydrogen (secondary N) is 1. The van der Waals surface area contributed by atoms with Crippen molar-refractivity contribution < 1.29 is 22.7 Å². The number of carbonyl (C=O) groups is 1. The van der Waals surface area contributed by atoms with Gasteiger partial charge in [0.25, 0.3) is 10.0 Å². The predicted molar refractivity (Wildman–Crippen MR) is 127 cm³/mol. The molecule has 0 saturated carbocycles. The van der Waals surface area contributed by atoms with Gasteiger partial charge < -0.3 is 9.47 Å². The Morgan fingerprint density at radius 1 is 1.12 bits per heavy atom. The molecule has 1 amide bonds. The van der Waals surface area contributed by atoms with Crippen LogP contribution in [0.3, 0.4) is 0 Å². The Kier molecular flexibility index (Phi) is 7.34. The van der Waals surface area contributed by atoms with Crippen LogP contribution in [-0.2, 0) is 20.2 Å². The number of rotatable bonds is 6. The molecule has 10 heteroatoms. The van der Waals surface area contributed by atoms with Gasteiger partial charge in [0.2, 0.25) is 5.29 Å². The molecule has 0 spiro atoms. The van der Waals surface area contributed by atoms with Crippen molar-refractivity contribution >= 4 is 33.0 Å². The Hall–Kier alpha value is -3.04. The van der Waals surface area contributed by atoms with Gasteiger partial charge in [0, 0.05) is 0 Å². The third-order valence-corrected chi connectivity index (χ3v) is 6.37. The summed E-state index contributed by atoms with van der Waals surface area (Å²) in [5.41, 5.74) is 0.879. The number of halogens is 1. The van der Waals surface area contributed by atoms with Gasteiger partial charge in [-0.2, -0.15) is 4.99 Å². The molecule has 0 aliphatic carbocycles. The molecule has 0 atom stereocenters. The number of para-hydroxylation sites is 1. The number of nitrogens with zero attached hydrogens (tertiary/aromatic N) is 2. The first-order valence-electron chi connectivity index (χ1n) is 10.3. The Bertz CT molecular complexity index is 1170. The molecule has 1 N–H and O–H groups in total. The van der Waals surface area contributed by atoms with Crippen molar-refractivity contribution in [2.45, 2.75) is 38.0 Å². The standard InChI is InChI=1S/C23H26ClN3O5S/c1-5-31-22(28)27-15-19(32-17-9-7-6-8-10-17)20(25-21(27)24)26-33(29,30)18-13-11-16(12-14-18)23(2,3)4/h6-14,26H,5,15H2,1-4H3. The summed E-state index contributed by atoms with van der Waals surface area (Å²) in [6.07, 6.45) is -0.722. The molecular weight excluding hydrogens is 466 g/mol. The maximum atomic E-state index is 13.1. The van der Waals surface area contributed by atoms with E-state index >= 15 is 0 Å². The normalized spacial score (nSPS) is 14.6. The van der Waals surface area contributed by atoms with Gasteiger partial charge in [-0.15, -0.1) is 0 Å². The van der Waals surface area contributed by atoms with Crippen molar-refractivity contribution in [1.29, 1.82) is 0 Å². The quantitative estimate of drug-likeness (QED) is 0.596. The van der Waals surface area contributed by atoms with Crippen LogP contribution in [0.4, 0.5) is 4.79 Å². The number of aliphatic imine (C=N–C) groups is 1. The summed E-state index contributed by atoms with van der Waals surface area (Å²) in [6, 6.07) is 15.3. The molecule has 0 aromatic heterocycles. The molecule has 3 rings (SSSR count). The molecule has 2 aromatic rings. The number of amidine groups is 1. The van der Waals surface area contributed by atoms with Crippen molar-refractivity contribution in [2.24, 2.45) is 4.99 Å². The molecule has 0 radical (unpaired) electrons. The maximum absolute atomic E-state index is 13.1. The van der Waals surface area contributed by atoms with Crippen LogP contribution in [0.2, 0.25) is 0 Å². The van der Waals surface area contributed by atoms with Crippen LogP contribution < -0.4 is 9.46 Å². The van der Waals surface area contributed by atoms with E-state index in [2.05, 4.69) is 9.71 Å². The largest absolute Gasteiger partial charge is 0.456 e. The van der Waals surface area contributed by atoms with E-state index in [1.54, 1.807) is 43.3 Å². The minimum absolute atomic E-state index is 0.0567. The summed E-state index contributed by atoms with van der Waals surface area (Å²) in [4.78, 5) is 17.4. The summed E-state index contributed by atoms with van der Waals surface area (Å²) in [5.74, 6) is 0.411. The van der Waals surface area contributed by atoms with E-state index in [-0.39, 0.29) is 40.3 Å². The predicted octanol–water partition coefficient (Wildman–Crippen LogP) is 4.58. The smallest absolute Gasteiger partial charge is 0.416 e. The van der Waals surface area contributed by atoms with Gasteiger partial charge in [-0.25, -0.2) is 18.1 Å². The summed E-state index contributed by atoms with van der Waals surface area (Å²) in [6.45, 7) is 7.76. The van der Waals surface area contributed by atoms with Crippen molar-refractivity contribution in [3.63, 3.8) is 0 Å². The van der Waals surface area contributed by atoms with Gasteiger partial charge in [0.05, 0.1) is 18.0 Å². The second-order valence-corrected chi connectivity index (χ2v) is 10.3. The van der Waals surface area contributed by atoms with E-state index in [1.165, 1.54) is 12.1 Å². The SMILES string of the molecule is CCOC(=O)N1CC(Oc2ccccc2)=C(NS(=O)(=O)c2ccc(C(C)(C)C)cc2)N=C1Cl. The highest BCUT2D eigenvalue weighted by Gasteiger charge is 2.31. The van der Waals surface area contributed by atoms with E-state index in [0.717, 1.165) is 10.5 Å². The highest BCUT2D eigenvalue weighted by atomic mass is 35.5. The number of hydrogen-bond donors (Lipinski definition) is 1. The zero-order valence-corrected chi connectivity index (χ0v) is 20.4. The van der Waals surface area contributed by atoms with Gasteiger partial charge >= 0.3 is 6.09 Å². The van der Waals surface area contributed by atoms with Crippen LogP contribution in [0.15, 0.2) is 76.1 Å². The van der Waals surface area contributed by atoms with E-state index in [4.69, 9.17) is 21.1 Å². The zero-order valence-electron chi connectivity index (χ0n) is 18.8. The molecule has 0 unspecified atom stereocenters. The van der Waals surface area contributed by atoms with Crippen molar-refractivity contribution in [3.05, 3.63) is 71.7 Å². The molecule has 0 bridgehead atoms. The lowest BCUT2D eigenvalue weighted by molar-refractivity contribution is 0.127. The van der Waals surface area contributed by atoms with Gasteiger partial charge in [-0.1, -0.05) is 51.1 Å². The summed E-state index contributed by atoms with van der Waals surface area (Å²) < 4.78 is 39.4. The molecule has 33 heavy (non-hydrogen) atoms. The first-order chi connectivity index (χ1) is 15.5. The van der Waals surface area contributed by atoms with E-state index in [1.807, 2.05) is 26.8 Å². The third kappa shape index (κ3) is 6.06. The second-order valence-electron chi connectivity index (χ2n) is 8.23. The first kappa shape index (κ1) is 24.6. The summed E-state index contributed by atoms with van der Waals surface area (Å²) in [5, 5.41) is -0.241. The fraction of sp³-hybridized carbons (Fsp3) is 0.304. The number of hydrogen-bond acceptors (Lipinski definition) is 6. The fourth-order valence-corrected chi connectivity index (χ4v) is 4.19. The minimum atomic E-state index is -4.01. The first-order valence-corrected chi connectivity index (χ1v) is 12.2. The average Bonchev–Trinajstić information content (AvgIpc) is 2.75. The van der Waals surface area contributed by atoms with Gasteiger partial charge in [-0.3, -0.25) is 4.72 Å². The van der Waals surface area contributed by atoms with Crippen LogP contribution in [0.5, 0.6) is 5.75 Å². The Labute approximate surface area is 198 Å².